The van der Waals surface area contributed by atoms with Gasteiger partial charge in [0.05, 0.1) is 18.2 Å². The lowest BCUT2D eigenvalue weighted by atomic mass is 10.1. The molecule has 0 saturated carbocycles. The Morgan fingerprint density at radius 1 is 1.33 bits per heavy atom. The summed E-state index contributed by atoms with van der Waals surface area (Å²) in [5.74, 6) is 0. The van der Waals surface area contributed by atoms with E-state index in [0.717, 1.165) is 11.4 Å². The van der Waals surface area contributed by atoms with Gasteiger partial charge in [0.15, 0.2) is 0 Å². The van der Waals surface area contributed by atoms with Gasteiger partial charge in [-0.05, 0) is 31.5 Å². The number of aromatic nitrogens is 2. The number of hydrogen-bond acceptors (Lipinski definition) is 3. The van der Waals surface area contributed by atoms with Crippen molar-refractivity contribution in [3.05, 3.63) is 42.0 Å². The minimum atomic E-state index is -0.0309. The van der Waals surface area contributed by atoms with Gasteiger partial charge in [-0.25, -0.2) is 4.98 Å². The van der Waals surface area contributed by atoms with E-state index in [1.165, 1.54) is 11.3 Å². The van der Waals surface area contributed by atoms with Crippen LogP contribution in [0.25, 0.3) is 5.69 Å². The van der Waals surface area contributed by atoms with Crippen LogP contribution < -0.4 is 10.6 Å². The zero-order valence-corrected chi connectivity index (χ0v) is 11.4. The quantitative estimate of drug-likeness (QED) is 0.901. The third-order valence-electron chi connectivity index (χ3n) is 3.09. The Hall–Kier alpha value is -1.81. The summed E-state index contributed by atoms with van der Waals surface area (Å²) < 4.78 is 2.04. The minimum absolute atomic E-state index is 0.0309. The molecule has 1 heterocycles. The Balaban J connectivity index is 2.51. The maximum Gasteiger partial charge on any atom is 0.0994 e. The molecule has 0 unspecified atom stereocenters. The highest BCUT2D eigenvalue weighted by Gasteiger charge is 2.10. The van der Waals surface area contributed by atoms with Crippen LogP contribution in [0.15, 0.2) is 30.7 Å². The Morgan fingerprint density at radius 3 is 2.67 bits per heavy atom. The third kappa shape index (κ3) is 2.24. The first kappa shape index (κ1) is 12.6. The Labute approximate surface area is 108 Å². The van der Waals surface area contributed by atoms with Crippen molar-refractivity contribution in [1.29, 1.82) is 0 Å². The van der Waals surface area contributed by atoms with Crippen molar-refractivity contribution in [3.63, 3.8) is 0 Å². The summed E-state index contributed by atoms with van der Waals surface area (Å²) in [7, 11) is 4.10. The van der Waals surface area contributed by atoms with E-state index in [9.17, 15) is 0 Å². The van der Waals surface area contributed by atoms with Crippen LogP contribution in [0.4, 0.5) is 5.69 Å². The molecule has 0 bridgehead atoms. The first-order valence-electron chi connectivity index (χ1n) is 6.07. The summed E-state index contributed by atoms with van der Waals surface area (Å²) in [6.45, 7) is 4.08. The molecule has 4 nitrogen and oxygen atoms in total. The highest BCUT2D eigenvalue weighted by atomic mass is 15.1. The van der Waals surface area contributed by atoms with Gasteiger partial charge in [0, 0.05) is 31.5 Å². The molecule has 0 spiro atoms. The number of benzene rings is 1. The third-order valence-corrected chi connectivity index (χ3v) is 3.09. The van der Waals surface area contributed by atoms with Gasteiger partial charge in [0.25, 0.3) is 0 Å². The van der Waals surface area contributed by atoms with Gasteiger partial charge in [-0.3, -0.25) is 0 Å². The molecule has 2 aromatic rings. The molecular weight excluding hydrogens is 224 g/mol. The number of rotatable bonds is 3. The van der Waals surface area contributed by atoms with Gasteiger partial charge in [-0.15, -0.1) is 0 Å². The van der Waals surface area contributed by atoms with Crippen LogP contribution >= 0.6 is 0 Å². The SMILES string of the molecule is Cc1ccc(-n2cncc2[C@H](C)N)cc1N(C)C. The Morgan fingerprint density at radius 2 is 2.06 bits per heavy atom. The van der Waals surface area contributed by atoms with Gasteiger partial charge in [-0.1, -0.05) is 6.07 Å². The summed E-state index contributed by atoms with van der Waals surface area (Å²) in [6, 6.07) is 6.34. The normalized spacial score (nSPS) is 12.5. The van der Waals surface area contributed by atoms with Crippen LogP contribution in [0.5, 0.6) is 0 Å². The lowest BCUT2D eigenvalue weighted by Gasteiger charge is -2.18. The zero-order chi connectivity index (χ0) is 13.3. The number of hydrogen-bond donors (Lipinski definition) is 1. The second-order valence-corrected chi connectivity index (χ2v) is 4.84. The number of imidazole rings is 1. The molecule has 1 aromatic carbocycles. The molecule has 0 aliphatic carbocycles. The number of aryl methyl sites for hydroxylation is 1. The van der Waals surface area contributed by atoms with Crippen molar-refractivity contribution in [1.82, 2.24) is 9.55 Å². The fourth-order valence-corrected chi connectivity index (χ4v) is 2.09. The van der Waals surface area contributed by atoms with Gasteiger partial charge >= 0.3 is 0 Å². The molecular formula is C14H20N4. The van der Waals surface area contributed by atoms with Crippen molar-refractivity contribution < 1.29 is 0 Å². The van der Waals surface area contributed by atoms with Crippen molar-refractivity contribution >= 4 is 5.69 Å². The van der Waals surface area contributed by atoms with Gasteiger partial charge in [0.1, 0.15) is 0 Å². The summed E-state index contributed by atoms with van der Waals surface area (Å²) in [6.07, 6.45) is 3.63. The topological polar surface area (TPSA) is 47.1 Å². The predicted molar refractivity (Wildman–Crippen MR) is 75.2 cm³/mol. The maximum atomic E-state index is 5.95. The fourth-order valence-electron chi connectivity index (χ4n) is 2.09. The van der Waals surface area contributed by atoms with E-state index < -0.39 is 0 Å². The summed E-state index contributed by atoms with van der Waals surface area (Å²) in [5.41, 5.74) is 10.5. The Bertz CT molecular complexity index is 540. The minimum Gasteiger partial charge on any atom is -0.377 e. The largest absolute Gasteiger partial charge is 0.377 e. The van der Waals surface area contributed by atoms with Crippen LogP contribution in [-0.2, 0) is 0 Å². The molecule has 18 heavy (non-hydrogen) atoms. The van der Waals surface area contributed by atoms with E-state index in [4.69, 9.17) is 5.73 Å². The molecule has 96 valence electrons. The molecule has 0 aliphatic rings. The maximum absolute atomic E-state index is 5.95. The molecule has 0 radical (unpaired) electrons. The molecule has 2 N–H and O–H groups in total. The van der Waals surface area contributed by atoms with E-state index in [1.807, 2.05) is 38.1 Å². The van der Waals surface area contributed by atoms with E-state index >= 15 is 0 Å². The van der Waals surface area contributed by atoms with E-state index in [-0.39, 0.29) is 6.04 Å². The monoisotopic (exact) mass is 244 g/mol. The average Bonchev–Trinajstić information content (AvgIpc) is 2.78. The zero-order valence-electron chi connectivity index (χ0n) is 11.4. The van der Waals surface area contributed by atoms with E-state index in [2.05, 4.69) is 35.0 Å². The summed E-state index contributed by atoms with van der Waals surface area (Å²) >= 11 is 0. The van der Waals surface area contributed by atoms with Gasteiger partial charge in [-0.2, -0.15) is 0 Å². The lowest BCUT2D eigenvalue weighted by Crippen LogP contribution is -2.13. The number of anilines is 1. The van der Waals surface area contributed by atoms with Crippen LogP contribution in [0.2, 0.25) is 0 Å². The first-order valence-corrected chi connectivity index (χ1v) is 6.07. The second-order valence-electron chi connectivity index (χ2n) is 4.84. The number of nitrogens with two attached hydrogens (primary N) is 1. The van der Waals surface area contributed by atoms with Crippen LogP contribution in [0.3, 0.4) is 0 Å². The molecule has 0 fully saturated rings. The van der Waals surface area contributed by atoms with Crippen molar-refractivity contribution in [2.24, 2.45) is 5.73 Å². The molecule has 1 atom stereocenters. The fraction of sp³-hybridized carbons (Fsp3) is 0.357. The smallest absolute Gasteiger partial charge is 0.0994 e. The van der Waals surface area contributed by atoms with Gasteiger partial charge in [0.2, 0.25) is 0 Å². The molecule has 0 aliphatic heterocycles. The average molecular weight is 244 g/mol. The highest BCUT2D eigenvalue weighted by molar-refractivity contribution is 5.58. The van der Waals surface area contributed by atoms with Crippen LogP contribution in [-0.4, -0.2) is 23.6 Å². The second kappa shape index (κ2) is 4.82. The lowest BCUT2D eigenvalue weighted by molar-refractivity contribution is 0.752. The molecule has 0 saturated heterocycles. The molecule has 4 heteroatoms. The van der Waals surface area contributed by atoms with E-state index in [1.54, 1.807) is 0 Å². The standard InChI is InChI=1S/C14H20N4/c1-10-5-6-12(7-13(10)17(3)4)18-9-16-8-14(18)11(2)15/h5-9,11H,15H2,1-4H3/t11-/m0/s1. The van der Waals surface area contributed by atoms with Crippen LogP contribution in [0.1, 0.15) is 24.2 Å². The summed E-state index contributed by atoms with van der Waals surface area (Å²) in [5, 5.41) is 0. The van der Waals surface area contributed by atoms with Crippen LogP contribution in [0, 0.1) is 6.92 Å². The molecule has 0 amide bonds. The van der Waals surface area contributed by atoms with Crippen molar-refractivity contribution in [3.8, 4) is 5.69 Å². The van der Waals surface area contributed by atoms with Crippen molar-refractivity contribution in [2.45, 2.75) is 19.9 Å². The van der Waals surface area contributed by atoms with E-state index in [0.29, 0.717) is 0 Å². The Kier molecular flexibility index (Phi) is 3.39. The molecule has 1 aromatic heterocycles. The summed E-state index contributed by atoms with van der Waals surface area (Å²) in [4.78, 5) is 6.30. The number of nitrogens with zero attached hydrogens (tertiary/aromatic N) is 3. The van der Waals surface area contributed by atoms with Crippen molar-refractivity contribution in [2.75, 3.05) is 19.0 Å². The van der Waals surface area contributed by atoms with Gasteiger partial charge < -0.3 is 15.2 Å². The predicted octanol–water partition coefficient (Wildman–Crippen LogP) is 2.27. The highest BCUT2D eigenvalue weighted by Crippen LogP contribution is 2.23. The first-order chi connectivity index (χ1) is 8.50. The molecule has 2 rings (SSSR count).